The average molecular weight is 418 g/mol. The predicted molar refractivity (Wildman–Crippen MR) is 120 cm³/mol. The Morgan fingerprint density at radius 3 is 2.55 bits per heavy atom. The van der Waals surface area contributed by atoms with Crippen molar-refractivity contribution in [1.82, 2.24) is 0 Å². The predicted octanol–water partition coefficient (Wildman–Crippen LogP) is 3.27. The summed E-state index contributed by atoms with van der Waals surface area (Å²) in [6.45, 7) is 3.11. The van der Waals surface area contributed by atoms with Gasteiger partial charge in [-0.15, -0.1) is 0 Å². The van der Waals surface area contributed by atoms with Gasteiger partial charge in [-0.05, 0) is 24.0 Å². The second kappa shape index (κ2) is 5.92. The number of fused-ring (bicyclic) bond motifs is 2. The molecule has 5 fully saturated rings. The zero-order valence-electron chi connectivity index (χ0n) is 18.4. The summed E-state index contributed by atoms with van der Waals surface area (Å²) < 4.78 is 0.769. The van der Waals surface area contributed by atoms with Gasteiger partial charge in [0.2, 0.25) is 0 Å². The van der Waals surface area contributed by atoms with Crippen LogP contribution in [-0.4, -0.2) is 52.2 Å². The molecule has 4 saturated heterocycles. The molecule has 5 aliphatic heterocycles. The molecule has 5 bridgehead atoms. The Morgan fingerprint density at radius 1 is 1.03 bits per heavy atom. The number of aliphatic hydroxyl groups excluding tert-OH is 2. The van der Waals surface area contributed by atoms with E-state index in [0.29, 0.717) is 18.0 Å². The SMILES string of the molecule is CC[C@@H]1[C@H]2C[C@H]3[C@@H]4N(C)c5ccccc5[C@@]45C[C@@H]([C@@H]2[C@@H]5O)[N@@+]3(Cc2ccccc2)[C@@H]1O. The lowest BCUT2D eigenvalue weighted by atomic mass is 9.60. The summed E-state index contributed by atoms with van der Waals surface area (Å²) in [5, 5.41) is 24.1. The highest BCUT2D eigenvalue weighted by Gasteiger charge is 2.82. The zero-order chi connectivity index (χ0) is 21.1. The molecule has 4 nitrogen and oxygen atoms in total. The number of benzene rings is 2. The van der Waals surface area contributed by atoms with Gasteiger partial charge in [0.1, 0.15) is 12.6 Å². The van der Waals surface area contributed by atoms with E-state index in [1.54, 1.807) is 0 Å². The van der Waals surface area contributed by atoms with Gasteiger partial charge >= 0.3 is 0 Å². The Bertz CT molecular complexity index is 1040. The van der Waals surface area contributed by atoms with Crippen molar-refractivity contribution in [3.8, 4) is 0 Å². The molecule has 1 saturated carbocycles. The van der Waals surface area contributed by atoms with Crippen LogP contribution in [0.1, 0.15) is 37.3 Å². The summed E-state index contributed by atoms with van der Waals surface area (Å²) in [6, 6.07) is 20.5. The molecule has 0 unspecified atom stereocenters. The summed E-state index contributed by atoms with van der Waals surface area (Å²) in [6.07, 6.45) is 2.47. The zero-order valence-corrected chi connectivity index (χ0v) is 18.4. The number of quaternary nitrogens is 1. The van der Waals surface area contributed by atoms with Gasteiger partial charge in [0, 0.05) is 43.0 Å². The fourth-order valence-electron chi connectivity index (χ4n) is 9.60. The van der Waals surface area contributed by atoms with Crippen molar-refractivity contribution in [1.29, 1.82) is 0 Å². The van der Waals surface area contributed by atoms with Crippen molar-refractivity contribution in [2.75, 3.05) is 11.9 Å². The standard InChI is InChI=1S/C27H33N2O2/c1-3-17-18-13-21-24-27(19-11-7-8-12-20(19)28(24)2)14-22(23(18)25(27)30)29(21,26(17)31)15-16-9-5-4-6-10-16/h4-12,17-18,21-26,30-31H,3,13-15H2,1-2H3/q+1/t17-,18-,21+,22+,23-,24+,25+,26-,27+,29+/m1/s1. The summed E-state index contributed by atoms with van der Waals surface area (Å²) in [5.74, 6) is 1.01. The second-order valence-electron chi connectivity index (χ2n) is 11.0. The molecule has 2 aromatic carbocycles. The summed E-state index contributed by atoms with van der Waals surface area (Å²) in [4.78, 5) is 2.47. The van der Waals surface area contributed by atoms with E-state index in [1.807, 2.05) is 0 Å². The normalized spacial score (nSPS) is 48.2. The molecule has 1 aliphatic carbocycles. The van der Waals surface area contributed by atoms with Gasteiger partial charge in [-0.3, -0.25) is 4.48 Å². The largest absolute Gasteiger partial charge is 0.392 e. The second-order valence-corrected chi connectivity index (χ2v) is 11.0. The van der Waals surface area contributed by atoms with E-state index in [-0.39, 0.29) is 35.6 Å². The number of nitrogens with zero attached hydrogens (tertiary/aromatic N) is 2. The minimum atomic E-state index is -0.337. The van der Waals surface area contributed by atoms with Crippen molar-refractivity contribution < 1.29 is 14.7 Å². The molecule has 0 radical (unpaired) electrons. The number of rotatable bonds is 3. The molecule has 10 atom stereocenters. The molecule has 162 valence electrons. The molecular weight excluding hydrogens is 384 g/mol. The number of piperidine rings is 4. The molecule has 2 aromatic rings. The molecule has 1 spiro atoms. The fourth-order valence-corrected chi connectivity index (χ4v) is 9.60. The lowest BCUT2D eigenvalue weighted by Crippen LogP contribution is -2.82. The van der Waals surface area contributed by atoms with Crippen molar-refractivity contribution in [2.24, 2.45) is 17.8 Å². The van der Waals surface area contributed by atoms with Gasteiger partial charge in [-0.25, -0.2) is 0 Å². The molecule has 0 amide bonds. The van der Waals surface area contributed by atoms with Crippen molar-refractivity contribution >= 4 is 5.69 Å². The summed E-state index contributed by atoms with van der Waals surface area (Å²) in [5.41, 5.74) is 3.78. The number of para-hydroxylation sites is 1. The summed E-state index contributed by atoms with van der Waals surface area (Å²) >= 11 is 0. The molecule has 31 heavy (non-hydrogen) atoms. The monoisotopic (exact) mass is 417 g/mol. The molecule has 4 heteroatoms. The van der Waals surface area contributed by atoms with Gasteiger partial charge < -0.3 is 15.1 Å². The topological polar surface area (TPSA) is 43.7 Å². The minimum absolute atomic E-state index is 0.180. The lowest BCUT2D eigenvalue weighted by Gasteiger charge is -2.68. The van der Waals surface area contributed by atoms with E-state index in [2.05, 4.69) is 73.5 Å². The maximum absolute atomic E-state index is 12.1. The van der Waals surface area contributed by atoms with E-state index >= 15 is 0 Å². The van der Waals surface area contributed by atoms with Crippen LogP contribution in [0.4, 0.5) is 5.69 Å². The van der Waals surface area contributed by atoms with E-state index in [4.69, 9.17) is 0 Å². The molecule has 5 heterocycles. The molecule has 2 N–H and O–H groups in total. The van der Waals surface area contributed by atoms with Crippen LogP contribution in [-0.2, 0) is 12.0 Å². The Hall–Kier alpha value is -1.88. The molecule has 8 rings (SSSR count). The third-order valence-corrected chi connectivity index (χ3v) is 10.4. The quantitative estimate of drug-likeness (QED) is 0.754. The first-order chi connectivity index (χ1) is 15.1. The Morgan fingerprint density at radius 2 is 1.77 bits per heavy atom. The number of hydrogen-bond donors (Lipinski definition) is 2. The molecule has 6 aliphatic rings. The smallest absolute Gasteiger partial charge is 0.194 e. The van der Waals surface area contributed by atoms with Crippen LogP contribution in [0.15, 0.2) is 54.6 Å². The van der Waals surface area contributed by atoms with E-state index in [0.717, 1.165) is 30.3 Å². The molecule has 0 aromatic heterocycles. The summed E-state index contributed by atoms with van der Waals surface area (Å²) in [7, 11) is 2.23. The Labute approximate surface area is 184 Å². The van der Waals surface area contributed by atoms with Crippen molar-refractivity contribution in [3.63, 3.8) is 0 Å². The number of aliphatic hydroxyl groups is 2. The van der Waals surface area contributed by atoms with E-state index < -0.39 is 0 Å². The lowest BCUT2D eigenvalue weighted by molar-refractivity contribution is -1.05. The Balaban J connectivity index is 1.47. The van der Waals surface area contributed by atoms with Crippen LogP contribution >= 0.6 is 0 Å². The van der Waals surface area contributed by atoms with Crippen molar-refractivity contribution in [2.45, 2.75) is 68.6 Å². The maximum Gasteiger partial charge on any atom is 0.194 e. The highest BCUT2D eigenvalue weighted by Crippen LogP contribution is 2.71. The molecular formula is C27H33N2O2+. The van der Waals surface area contributed by atoms with Gasteiger partial charge in [0.25, 0.3) is 0 Å². The highest BCUT2D eigenvalue weighted by atomic mass is 16.3. The van der Waals surface area contributed by atoms with Gasteiger partial charge in [0.15, 0.2) is 6.23 Å². The van der Waals surface area contributed by atoms with E-state index in [1.165, 1.54) is 16.8 Å². The van der Waals surface area contributed by atoms with Crippen LogP contribution in [0, 0.1) is 17.8 Å². The highest BCUT2D eigenvalue weighted by molar-refractivity contribution is 5.66. The van der Waals surface area contributed by atoms with Crippen molar-refractivity contribution in [3.05, 3.63) is 65.7 Å². The van der Waals surface area contributed by atoms with Gasteiger partial charge in [-0.1, -0.05) is 55.5 Å². The average Bonchev–Trinajstić information content (AvgIpc) is 3.18. The number of hydrogen-bond acceptors (Lipinski definition) is 3. The van der Waals surface area contributed by atoms with Crippen LogP contribution in [0.25, 0.3) is 0 Å². The van der Waals surface area contributed by atoms with Crippen LogP contribution < -0.4 is 4.90 Å². The van der Waals surface area contributed by atoms with Crippen LogP contribution in [0.5, 0.6) is 0 Å². The van der Waals surface area contributed by atoms with E-state index in [9.17, 15) is 10.2 Å². The first-order valence-electron chi connectivity index (χ1n) is 12.1. The first-order valence-corrected chi connectivity index (χ1v) is 12.1. The maximum atomic E-state index is 12.1. The van der Waals surface area contributed by atoms with Crippen LogP contribution in [0.3, 0.4) is 0 Å². The van der Waals surface area contributed by atoms with Crippen LogP contribution in [0.2, 0.25) is 0 Å². The number of anilines is 1. The Kier molecular flexibility index (Phi) is 3.56. The number of likely N-dealkylation sites (N-methyl/N-ethyl adjacent to an activating group) is 1. The van der Waals surface area contributed by atoms with Gasteiger partial charge in [0.05, 0.1) is 23.6 Å². The van der Waals surface area contributed by atoms with Gasteiger partial charge in [-0.2, -0.15) is 0 Å². The first kappa shape index (κ1) is 18.7. The third kappa shape index (κ3) is 1.88. The third-order valence-electron chi connectivity index (χ3n) is 10.4. The fraction of sp³-hybridized carbons (Fsp3) is 0.556. The minimum Gasteiger partial charge on any atom is -0.392 e.